The van der Waals surface area contributed by atoms with Gasteiger partial charge in [-0.2, -0.15) is 0 Å². The van der Waals surface area contributed by atoms with Crippen molar-refractivity contribution >= 4 is 10.0 Å². The fourth-order valence-electron chi connectivity index (χ4n) is 1.73. The largest absolute Gasteiger partial charge is 0.378 e. The van der Waals surface area contributed by atoms with Crippen LogP contribution in [0.15, 0.2) is 0 Å². The number of ether oxygens (including phenoxy) is 2. The van der Waals surface area contributed by atoms with Gasteiger partial charge in [0.15, 0.2) is 0 Å². The van der Waals surface area contributed by atoms with Gasteiger partial charge in [-0.25, -0.2) is 13.1 Å². The zero-order valence-corrected chi connectivity index (χ0v) is 11.5. The smallest absolute Gasteiger partial charge is 0.215 e. The van der Waals surface area contributed by atoms with Crippen LogP contribution in [-0.4, -0.2) is 59.7 Å². The van der Waals surface area contributed by atoms with Crippen molar-refractivity contribution in [2.45, 2.75) is 24.2 Å². The fraction of sp³-hybridized carbons (Fsp3) is 1.00. The van der Waals surface area contributed by atoms with Crippen molar-refractivity contribution in [2.75, 3.05) is 40.5 Å². The first-order valence-electron chi connectivity index (χ1n) is 5.72. The van der Waals surface area contributed by atoms with Gasteiger partial charge in [0.25, 0.3) is 0 Å². The van der Waals surface area contributed by atoms with Gasteiger partial charge in [-0.3, -0.25) is 0 Å². The Morgan fingerprint density at radius 3 is 2.71 bits per heavy atom. The number of methoxy groups -OCH3 is 1. The Kier molecular flexibility index (Phi) is 5.33. The van der Waals surface area contributed by atoms with Gasteiger partial charge in [0.2, 0.25) is 10.0 Å². The maximum Gasteiger partial charge on any atom is 0.215 e. The third kappa shape index (κ3) is 3.89. The lowest BCUT2D eigenvalue weighted by atomic mass is 10.0. The van der Waals surface area contributed by atoms with E-state index in [1.807, 2.05) is 0 Å². The van der Waals surface area contributed by atoms with Crippen molar-refractivity contribution in [1.82, 2.24) is 10.0 Å². The molecular formula is C10H22N2O4S. The van der Waals surface area contributed by atoms with E-state index in [9.17, 15) is 8.42 Å². The van der Waals surface area contributed by atoms with E-state index in [0.717, 1.165) is 0 Å². The number of sulfonamides is 1. The molecule has 0 spiro atoms. The monoisotopic (exact) mass is 266 g/mol. The van der Waals surface area contributed by atoms with Crippen molar-refractivity contribution in [3.05, 3.63) is 0 Å². The normalized spacial score (nSPS) is 27.2. The van der Waals surface area contributed by atoms with Crippen LogP contribution >= 0.6 is 0 Å². The topological polar surface area (TPSA) is 76.7 Å². The molecule has 102 valence electrons. The summed E-state index contributed by atoms with van der Waals surface area (Å²) in [7, 11) is 0.00680. The summed E-state index contributed by atoms with van der Waals surface area (Å²) in [5.74, 6) is 0. The van der Waals surface area contributed by atoms with E-state index < -0.39 is 20.9 Å². The maximum atomic E-state index is 11.9. The van der Waals surface area contributed by atoms with Gasteiger partial charge in [-0.15, -0.1) is 0 Å². The molecule has 1 heterocycles. The molecule has 1 saturated heterocycles. The van der Waals surface area contributed by atoms with Crippen LogP contribution in [0, 0.1) is 0 Å². The molecule has 1 fully saturated rings. The van der Waals surface area contributed by atoms with Crippen LogP contribution in [0.25, 0.3) is 0 Å². The summed E-state index contributed by atoms with van der Waals surface area (Å²) in [5, 5.41) is 2.38. The molecule has 2 unspecified atom stereocenters. The highest BCUT2D eigenvalue weighted by Gasteiger charge is 2.36. The van der Waals surface area contributed by atoms with Crippen LogP contribution in [0.1, 0.15) is 13.3 Å². The molecule has 0 aliphatic carbocycles. The van der Waals surface area contributed by atoms with Gasteiger partial charge in [0.05, 0.1) is 11.9 Å². The zero-order chi connectivity index (χ0) is 12.9. The first-order chi connectivity index (χ1) is 7.96. The summed E-state index contributed by atoms with van der Waals surface area (Å²) in [6.07, 6.45) is 0.715. The maximum absolute atomic E-state index is 11.9. The second-order valence-corrected chi connectivity index (χ2v) is 6.61. The molecule has 1 rings (SSSR count). The predicted octanol–water partition coefficient (Wildman–Crippen LogP) is -0.681. The lowest BCUT2D eigenvalue weighted by Gasteiger charge is -2.26. The van der Waals surface area contributed by atoms with Gasteiger partial charge < -0.3 is 14.8 Å². The molecule has 1 aliphatic rings. The molecule has 0 saturated carbocycles. The second-order valence-electron chi connectivity index (χ2n) is 4.42. The van der Waals surface area contributed by atoms with Crippen molar-refractivity contribution in [2.24, 2.45) is 0 Å². The number of hydrogen-bond donors (Lipinski definition) is 2. The molecule has 0 amide bonds. The number of nitrogens with one attached hydrogen (secondary N) is 2. The lowest BCUT2D eigenvalue weighted by Crippen LogP contribution is -2.48. The summed E-state index contributed by atoms with van der Waals surface area (Å²) in [6.45, 7) is 3.41. The summed E-state index contributed by atoms with van der Waals surface area (Å²) >= 11 is 0. The molecule has 0 aromatic heterocycles. The molecule has 6 nitrogen and oxygen atoms in total. The highest BCUT2D eigenvalue weighted by molar-refractivity contribution is 7.90. The first kappa shape index (κ1) is 14.8. The van der Waals surface area contributed by atoms with Gasteiger partial charge in [-0.05, 0) is 14.0 Å². The molecule has 2 N–H and O–H groups in total. The fourth-order valence-corrected chi connectivity index (χ4v) is 2.87. The molecule has 1 aliphatic heterocycles. The lowest BCUT2D eigenvalue weighted by molar-refractivity contribution is -0.0121. The van der Waals surface area contributed by atoms with E-state index in [1.165, 1.54) is 0 Å². The van der Waals surface area contributed by atoms with Gasteiger partial charge in [0.1, 0.15) is 5.60 Å². The van der Waals surface area contributed by atoms with Crippen LogP contribution in [0.2, 0.25) is 0 Å². The van der Waals surface area contributed by atoms with Crippen LogP contribution < -0.4 is 10.0 Å². The minimum absolute atomic E-state index is 0.264. The van der Waals surface area contributed by atoms with Crippen LogP contribution in [0.3, 0.4) is 0 Å². The van der Waals surface area contributed by atoms with Crippen molar-refractivity contribution in [3.8, 4) is 0 Å². The van der Waals surface area contributed by atoms with Crippen LogP contribution in [0.5, 0.6) is 0 Å². The van der Waals surface area contributed by atoms with Gasteiger partial charge >= 0.3 is 0 Å². The predicted molar refractivity (Wildman–Crippen MR) is 65.5 cm³/mol. The van der Waals surface area contributed by atoms with E-state index in [4.69, 9.17) is 9.47 Å². The van der Waals surface area contributed by atoms with Crippen molar-refractivity contribution in [3.63, 3.8) is 0 Å². The third-order valence-corrected chi connectivity index (χ3v) is 4.89. The minimum Gasteiger partial charge on any atom is -0.378 e. The zero-order valence-electron chi connectivity index (χ0n) is 10.7. The third-order valence-electron chi connectivity index (χ3n) is 3.12. The number of hydrogen-bond acceptors (Lipinski definition) is 5. The molecule has 0 radical (unpaired) electrons. The highest BCUT2D eigenvalue weighted by atomic mass is 32.2. The van der Waals surface area contributed by atoms with Crippen molar-refractivity contribution < 1.29 is 17.9 Å². The summed E-state index contributed by atoms with van der Waals surface area (Å²) < 4.78 is 37.0. The summed E-state index contributed by atoms with van der Waals surface area (Å²) in [5.41, 5.74) is -0.508. The minimum atomic E-state index is -3.31. The van der Waals surface area contributed by atoms with E-state index in [-0.39, 0.29) is 6.54 Å². The molecule has 0 aromatic carbocycles. The first-order valence-corrected chi connectivity index (χ1v) is 7.26. The Morgan fingerprint density at radius 1 is 1.53 bits per heavy atom. The molecule has 0 aromatic rings. The van der Waals surface area contributed by atoms with Crippen molar-refractivity contribution in [1.29, 1.82) is 0 Å². The number of rotatable bonds is 7. The molecule has 7 heteroatoms. The van der Waals surface area contributed by atoms with E-state index in [0.29, 0.717) is 26.2 Å². The SMILES string of the molecule is CNCC(C)S(=O)(=O)NCC1(OC)CCOC1. The Bertz CT molecular complexity index is 325. The van der Waals surface area contributed by atoms with E-state index in [1.54, 1.807) is 21.1 Å². The van der Waals surface area contributed by atoms with E-state index >= 15 is 0 Å². The Hall–Kier alpha value is -0.210. The molecule has 2 atom stereocenters. The van der Waals surface area contributed by atoms with Crippen LogP contribution in [0.4, 0.5) is 0 Å². The standard InChI is InChI=1S/C10H22N2O4S/c1-9(6-11-2)17(13,14)12-7-10(15-3)4-5-16-8-10/h9,11-12H,4-8H2,1-3H3. The Balaban J connectivity index is 2.54. The Labute approximate surface area is 103 Å². The quantitative estimate of drug-likeness (QED) is 0.638. The average Bonchev–Trinajstić information content (AvgIpc) is 2.76. The molecular weight excluding hydrogens is 244 g/mol. The van der Waals surface area contributed by atoms with Gasteiger partial charge in [-0.1, -0.05) is 0 Å². The average molecular weight is 266 g/mol. The molecule has 0 bridgehead atoms. The van der Waals surface area contributed by atoms with E-state index in [2.05, 4.69) is 10.0 Å². The second kappa shape index (κ2) is 6.10. The Morgan fingerprint density at radius 2 is 2.24 bits per heavy atom. The highest BCUT2D eigenvalue weighted by Crippen LogP contribution is 2.21. The van der Waals surface area contributed by atoms with Crippen LogP contribution in [-0.2, 0) is 19.5 Å². The summed E-state index contributed by atoms with van der Waals surface area (Å²) in [6, 6.07) is 0. The molecule has 17 heavy (non-hydrogen) atoms. The summed E-state index contributed by atoms with van der Waals surface area (Å²) in [4.78, 5) is 0. The van der Waals surface area contributed by atoms with Gasteiger partial charge in [0, 0.05) is 33.2 Å².